The van der Waals surface area contributed by atoms with Crippen LogP contribution in [0.2, 0.25) is 0 Å². The number of carbonyl (C=O) groups excluding carboxylic acids is 1. The van der Waals surface area contributed by atoms with Crippen molar-refractivity contribution in [3.8, 4) is 22.6 Å². The number of nitrogens with zero attached hydrogens (tertiary/aromatic N) is 1. The van der Waals surface area contributed by atoms with Gasteiger partial charge in [0.05, 0.1) is 33.1 Å². The van der Waals surface area contributed by atoms with Gasteiger partial charge in [0.15, 0.2) is 11.5 Å². The second-order valence-electron chi connectivity index (χ2n) is 5.33. The Morgan fingerprint density at radius 3 is 2.30 bits per heavy atom. The number of carbonyl (C=O) groups is 1. The summed E-state index contributed by atoms with van der Waals surface area (Å²) in [5.74, 6) is 1.31. The Morgan fingerprint density at radius 1 is 1.00 bits per heavy atom. The van der Waals surface area contributed by atoms with Gasteiger partial charge in [-0.1, -0.05) is 18.2 Å². The van der Waals surface area contributed by atoms with Gasteiger partial charge in [-0.05, 0) is 36.2 Å². The van der Waals surface area contributed by atoms with Crippen LogP contribution in [0.1, 0.15) is 18.5 Å². The topological polar surface area (TPSA) is 48.0 Å². The third-order valence-corrected chi connectivity index (χ3v) is 4.22. The molecule has 1 atom stereocenters. The number of rotatable bonds is 2. The second-order valence-corrected chi connectivity index (χ2v) is 5.33. The highest BCUT2D eigenvalue weighted by Gasteiger charge is 2.33. The zero-order valence-electron chi connectivity index (χ0n) is 13.6. The summed E-state index contributed by atoms with van der Waals surface area (Å²) >= 11 is 0. The van der Waals surface area contributed by atoms with Gasteiger partial charge in [-0.3, -0.25) is 4.90 Å². The highest BCUT2D eigenvalue weighted by Crippen LogP contribution is 2.48. The fraction of sp³-hybridized carbons (Fsp3) is 0.278. The minimum absolute atomic E-state index is 0.174. The summed E-state index contributed by atoms with van der Waals surface area (Å²) in [6, 6.07) is 11.5. The molecule has 2 aromatic carbocycles. The highest BCUT2D eigenvalue weighted by molar-refractivity contribution is 5.98. The summed E-state index contributed by atoms with van der Waals surface area (Å²) in [5, 5.41) is 0. The van der Waals surface area contributed by atoms with Crippen LogP contribution in [0.4, 0.5) is 10.5 Å². The Kier molecular flexibility index (Phi) is 3.86. The largest absolute Gasteiger partial charge is 0.493 e. The Labute approximate surface area is 135 Å². The molecule has 120 valence electrons. The van der Waals surface area contributed by atoms with E-state index in [0.29, 0.717) is 11.5 Å². The van der Waals surface area contributed by atoms with E-state index in [9.17, 15) is 4.79 Å². The summed E-state index contributed by atoms with van der Waals surface area (Å²) in [6.07, 6.45) is -0.384. The van der Waals surface area contributed by atoms with Crippen LogP contribution in [-0.2, 0) is 4.74 Å². The molecule has 2 aromatic rings. The molecule has 0 radical (unpaired) electrons. The van der Waals surface area contributed by atoms with Crippen LogP contribution in [0, 0.1) is 0 Å². The molecule has 5 nitrogen and oxygen atoms in total. The van der Waals surface area contributed by atoms with E-state index in [-0.39, 0.29) is 12.1 Å². The van der Waals surface area contributed by atoms with Crippen molar-refractivity contribution in [3.05, 3.63) is 42.0 Å². The average Bonchev–Trinajstić information content (AvgIpc) is 2.60. The van der Waals surface area contributed by atoms with Gasteiger partial charge in [-0.2, -0.15) is 0 Å². The van der Waals surface area contributed by atoms with Crippen molar-refractivity contribution < 1.29 is 19.0 Å². The predicted octanol–water partition coefficient (Wildman–Crippen LogP) is 4.02. The Balaban J connectivity index is 2.27. The molecular formula is C18H19NO4. The quantitative estimate of drug-likeness (QED) is 0.840. The zero-order chi connectivity index (χ0) is 16.6. The molecule has 1 heterocycles. The number of para-hydroxylation sites is 1. The molecule has 0 bridgehead atoms. The minimum Gasteiger partial charge on any atom is -0.493 e. The van der Waals surface area contributed by atoms with E-state index < -0.39 is 0 Å². The fourth-order valence-corrected chi connectivity index (χ4v) is 3.09. The summed E-state index contributed by atoms with van der Waals surface area (Å²) in [7, 11) is 4.61. The number of anilines is 1. The van der Waals surface area contributed by atoms with Crippen LogP contribution >= 0.6 is 0 Å². The number of methoxy groups -OCH3 is 3. The third-order valence-electron chi connectivity index (χ3n) is 4.22. The fourth-order valence-electron chi connectivity index (χ4n) is 3.09. The summed E-state index contributed by atoms with van der Waals surface area (Å²) in [6.45, 7) is 1.97. The van der Waals surface area contributed by atoms with Crippen LogP contribution in [0.5, 0.6) is 11.5 Å². The second kappa shape index (κ2) is 5.83. The number of fused-ring (bicyclic) bond motifs is 3. The molecule has 23 heavy (non-hydrogen) atoms. The van der Waals surface area contributed by atoms with Crippen molar-refractivity contribution in [1.82, 2.24) is 0 Å². The standard InChI is InChI=1S/C18H19NO4/c1-11-13-9-16(21-2)17(22-3)10-14(13)12-7-5-6-8-15(12)19(11)18(20)23-4/h5-11H,1-4H3. The van der Waals surface area contributed by atoms with Gasteiger partial charge in [0.1, 0.15) is 0 Å². The van der Waals surface area contributed by atoms with Crippen LogP contribution in [-0.4, -0.2) is 27.4 Å². The molecule has 0 saturated heterocycles. The molecule has 1 amide bonds. The molecule has 0 N–H and O–H groups in total. The first-order valence-corrected chi connectivity index (χ1v) is 7.34. The van der Waals surface area contributed by atoms with Gasteiger partial charge in [0.25, 0.3) is 0 Å². The monoisotopic (exact) mass is 313 g/mol. The lowest BCUT2D eigenvalue weighted by Gasteiger charge is -2.36. The van der Waals surface area contributed by atoms with E-state index in [2.05, 4.69) is 0 Å². The Hall–Kier alpha value is -2.69. The molecule has 1 aliphatic heterocycles. The number of amides is 1. The van der Waals surface area contributed by atoms with E-state index in [1.165, 1.54) is 7.11 Å². The van der Waals surface area contributed by atoms with Crippen molar-refractivity contribution in [2.75, 3.05) is 26.2 Å². The van der Waals surface area contributed by atoms with Crippen molar-refractivity contribution in [2.24, 2.45) is 0 Å². The molecule has 0 fully saturated rings. The Morgan fingerprint density at radius 2 is 1.65 bits per heavy atom. The van der Waals surface area contributed by atoms with Crippen molar-refractivity contribution in [2.45, 2.75) is 13.0 Å². The summed E-state index contributed by atoms with van der Waals surface area (Å²) < 4.78 is 15.8. The first kappa shape index (κ1) is 15.2. The van der Waals surface area contributed by atoms with E-state index in [1.54, 1.807) is 19.1 Å². The van der Waals surface area contributed by atoms with E-state index in [4.69, 9.17) is 14.2 Å². The highest BCUT2D eigenvalue weighted by atomic mass is 16.5. The van der Waals surface area contributed by atoms with Crippen LogP contribution in [0.3, 0.4) is 0 Å². The van der Waals surface area contributed by atoms with Gasteiger partial charge in [-0.25, -0.2) is 4.79 Å². The first-order chi connectivity index (χ1) is 11.1. The lowest BCUT2D eigenvalue weighted by Crippen LogP contribution is -2.36. The molecular weight excluding hydrogens is 294 g/mol. The molecule has 1 unspecified atom stereocenters. The number of benzene rings is 2. The molecule has 1 aliphatic rings. The number of ether oxygens (including phenoxy) is 3. The molecule has 3 rings (SSSR count). The summed E-state index contributed by atoms with van der Waals surface area (Å²) in [5.41, 5.74) is 3.82. The molecule has 5 heteroatoms. The SMILES string of the molecule is COC(=O)N1c2ccccc2-c2cc(OC)c(OC)cc2C1C. The van der Waals surface area contributed by atoms with Crippen LogP contribution in [0.15, 0.2) is 36.4 Å². The molecule has 0 aromatic heterocycles. The molecule has 0 aliphatic carbocycles. The minimum atomic E-state index is -0.384. The van der Waals surface area contributed by atoms with Gasteiger partial charge in [0, 0.05) is 5.56 Å². The Bertz CT molecular complexity index is 757. The maximum Gasteiger partial charge on any atom is 0.414 e. The first-order valence-electron chi connectivity index (χ1n) is 7.34. The van der Waals surface area contributed by atoms with Crippen LogP contribution in [0.25, 0.3) is 11.1 Å². The maximum atomic E-state index is 12.3. The van der Waals surface area contributed by atoms with Gasteiger partial charge in [-0.15, -0.1) is 0 Å². The molecule has 0 saturated carbocycles. The van der Waals surface area contributed by atoms with Gasteiger partial charge < -0.3 is 14.2 Å². The lowest BCUT2D eigenvalue weighted by atomic mass is 9.88. The normalized spacial score (nSPS) is 15.5. The van der Waals surface area contributed by atoms with E-state index in [0.717, 1.165) is 22.4 Å². The number of hydrogen-bond donors (Lipinski definition) is 0. The van der Waals surface area contributed by atoms with Crippen molar-refractivity contribution >= 4 is 11.8 Å². The third kappa shape index (κ3) is 2.29. The van der Waals surface area contributed by atoms with Crippen molar-refractivity contribution in [1.29, 1.82) is 0 Å². The summed E-state index contributed by atoms with van der Waals surface area (Å²) in [4.78, 5) is 13.9. The predicted molar refractivity (Wildman–Crippen MR) is 88.3 cm³/mol. The maximum absolute atomic E-state index is 12.3. The number of hydrogen-bond acceptors (Lipinski definition) is 4. The smallest absolute Gasteiger partial charge is 0.414 e. The van der Waals surface area contributed by atoms with Gasteiger partial charge in [0.2, 0.25) is 0 Å². The van der Waals surface area contributed by atoms with Crippen LogP contribution < -0.4 is 14.4 Å². The van der Waals surface area contributed by atoms with E-state index >= 15 is 0 Å². The molecule has 0 spiro atoms. The van der Waals surface area contributed by atoms with Crippen molar-refractivity contribution in [3.63, 3.8) is 0 Å². The lowest BCUT2D eigenvalue weighted by molar-refractivity contribution is 0.176. The average molecular weight is 313 g/mol. The van der Waals surface area contributed by atoms with Gasteiger partial charge >= 0.3 is 6.09 Å². The zero-order valence-corrected chi connectivity index (χ0v) is 13.6. The van der Waals surface area contributed by atoms with E-state index in [1.807, 2.05) is 43.3 Å².